The van der Waals surface area contributed by atoms with Crippen LogP contribution in [0.25, 0.3) is 0 Å². The zero-order valence-electron chi connectivity index (χ0n) is 12.0. The van der Waals surface area contributed by atoms with E-state index in [-0.39, 0.29) is 6.10 Å². The lowest BCUT2D eigenvalue weighted by Gasteiger charge is -2.08. The van der Waals surface area contributed by atoms with Crippen LogP contribution in [0.1, 0.15) is 24.5 Å². The van der Waals surface area contributed by atoms with E-state index in [1.54, 1.807) is 0 Å². The SMILES string of the molecule is C/C(=C\[C@H](O)CCc1ccccc1)Cc1ccccc1. The summed E-state index contributed by atoms with van der Waals surface area (Å²) in [5.41, 5.74) is 3.79. The molecule has 104 valence electrons. The maximum Gasteiger partial charge on any atom is 0.0726 e. The van der Waals surface area contributed by atoms with Gasteiger partial charge in [0.2, 0.25) is 0 Å². The van der Waals surface area contributed by atoms with Crippen molar-refractivity contribution in [3.8, 4) is 0 Å². The Balaban J connectivity index is 1.83. The number of hydrogen-bond acceptors (Lipinski definition) is 1. The van der Waals surface area contributed by atoms with E-state index in [1.807, 2.05) is 30.3 Å². The fourth-order valence-corrected chi connectivity index (χ4v) is 2.35. The Kier molecular flexibility index (Phi) is 5.57. The second-order valence-corrected chi connectivity index (χ2v) is 5.27. The standard InChI is InChI=1S/C19H22O/c1-16(14-18-10-6-3-7-11-18)15-19(20)13-12-17-8-4-2-5-9-17/h2-11,15,19-20H,12-14H2,1H3/b16-15+/t19-/m1/s1. The van der Waals surface area contributed by atoms with E-state index >= 15 is 0 Å². The second-order valence-electron chi connectivity index (χ2n) is 5.27. The van der Waals surface area contributed by atoms with Crippen molar-refractivity contribution in [3.63, 3.8) is 0 Å². The van der Waals surface area contributed by atoms with Crippen LogP contribution in [0.3, 0.4) is 0 Å². The van der Waals surface area contributed by atoms with Crippen LogP contribution >= 0.6 is 0 Å². The lowest BCUT2D eigenvalue weighted by Crippen LogP contribution is -2.05. The Morgan fingerprint density at radius 1 is 0.950 bits per heavy atom. The fraction of sp³-hybridized carbons (Fsp3) is 0.263. The van der Waals surface area contributed by atoms with Gasteiger partial charge in [-0.3, -0.25) is 0 Å². The number of allylic oxidation sites excluding steroid dienone is 1. The van der Waals surface area contributed by atoms with Gasteiger partial charge < -0.3 is 5.11 Å². The Morgan fingerprint density at radius 3 is 2.10 bits per heavy atom. The predicted octanol–water partition coefficient (Wildman–Crippen LogP) is 4.17. The number of benzene rings is 2. The van der Waals surface area contributed by atoms with E-state index in [2.05, 4.69) is 43.3 Å². The molecule has 0 spiro atoms. The topological polar surface area (TPSA) is 20.2 Å². The van der Waals surface area contributed by atoms with Gasteiger partial charge in [-0.15, -0.1) is 0 Å². The maximum absolute atomic E-state index is 10.1. The molecule has 0 aliphatic carbocycles. The lowest BCUT2D eigenvalue weighted by atomic mass is 10.0. The molecular formula is C19H22O. The van der Waals surface area contributed by atoms with Gasteiger partial charge in [-0.1, -0.05) is 72.3 Å². The average Bonchev–Trinajstić information content (AvgIpc) is 2.47. The van der Waals surface area contributed by atoms with Crippen LogP contribution < -0.4 is 0 Å². The zero-order chi connectivity index (χ0) is 14.2. The first kappa shape index (κ1) is 14.5. The van der Waals surface area contributed by atoms with E-state index in [0.717, 1.165) is 19.3 Å². The Morgan fingerprint density at radius 2 is 1.50 bits per heavy atom. The molecule has 1 N–H and O–H groups in total. The lowest BCUT2D eigenvalue weighted by molar-refractivity contribution is 0.212. The third-order valence-corrected chi connectivity index (χ3v) is 3.37. The van der Waals surface area contributed by atoms with Crippen molar-refractivity contribution in [2.45, 2.75) is 32.3 Å². The van der Waals surface area contributed by atoms with Gasteiger partial charge in [0, 0.05) is 0 Å². The van der Waals surface area contributed by atoms with E-state index < -0.39 is 0 Å². The van der Waals surface area contributed by atoms with Gasteiger partial charge in [-0.2, -0.15) is 0 Å². The molecule has 0 aromatic heterocycles. The third kappa shape index (κ3) is 5.02. The molecule has 0 unspecified atom stereocenters. The quantitative estimate of drug-likeness (QED) is 0.778. The predicted molar refractivity (Wildman–Crippen MR) is 84.7 cm³/mol. The summed E-state index contributed by atoms with van der Waals surface area (Å²) in [6.45, 7) is 2.08. The molecule has 0 aliphatic rings. The number of aliphatic hydroxyl groups excluding tert-OH is 1. The van der Waals surface area contributed by atoms with Crippen LogP contribution in [0, 0.1) is 0 Å². The molecule has 0 amide bonds. The van der Waals surface area contributed by atoms with Crippen molar-refractivity contribution in [3.05, 3.63) is 83.4 Å². The van der Waals surface area contributed by atoms with Gasteiger partial charge in [-0.25, -0.2) is 0 Å². The van der Waals surface area contributed by atoms with Crippen LogP contribution in [0.2, 0.25) is 0 Å². The Hall–Kier alpha value is -1.86. The summed E-state index contributed by atoms with van der Waals surface area (Å²) in [5, 5.41) is 10.1. The van der Waals surface area contributed by atoms with E-state index in [9.17, 15) is 5.11 Å². The Bertz CT molecular complexity index is 528. The summed E-state index contributed by atoms with van der Waals surface area (Å²) < 4.78 is 0. The van der Waals surface area contributed by atoms with Crippen LogP contribution in [-0.4, -0.2) is 11.2 Å². The van der Waals surface area contributed by atoms with Gasteiger partial charge in [0.15, 0.2) is 0 Å². The van der Waals surface area contributed by atoms with Crippen molar-refractivity contribution in [2.75, 3.05) is 0 Å². The number of rotatable bonds is 6. The van der Waals surface area contributed by atoms with Crippen molar-refractivity contribution in [2.24, 2.45) is 0 Å². The molecule has 0 bridgehead atoms. The largest absolute Gasteiger partial charge is 0.389 e. The molecule has 0 saturated heterocycles. The first-order chi connectivity index (χ1) is 9.74. The third-order valence-electron chi connectivity index (χ3n) is 3.37. The zero-order valence-corrected chi connectivity index (χ0v) is 12.0. The molecular weight excluding hydrogens is 244 g/mol. The summed E-state index contributed by atoms with van der Waals surface area (Å²) in [6, 6.07) is 20.7. The molecule has 1 nitrogen and oxygen atoms in total. The number of aryl methyl sites for hydroxylation is 1. The molecule has 0 aliphatic heterocycles. The highest BCUT2D eigenvalue weighted by atomic mass is 16.3. The van der Waals surface area contributed by atoms with Crippen LogP contribution in [0.4, 0.5) is 0 Å². The summed E-state index contributed by atoms with van der Waals surface area (Å²) >= 11 is 0. The summed E-state index contributed by atoms with van der Waals surface area (Å²) in [5.74, 6) is 0. The highest BCUT2D eigenvalue weighted by Gasteiger charge is 2.02. The molecule has 0 fully saturated rings. The average molecular weight is 266 g/mol. The van der Waals surface area contributed by atoms with Gasteiger partial charge in [-0.05, 0) is 37.3 Å². The molecule has 0 saturated carbocycles. The van der Waals surface area contributed by atoms with Crippen LogP contribution in [-0.2, 0) is 12.8 Å². The molecule has 0 radical (unpaired) electrons. The van der Waals surface area contributed by atoms with Gasteiger partial charge in [0.05, 0.1) is 6.10 Å². The molecule has 2 rings (SSSR count). The molecule has 2 aromatic carbocycles. The summed E-state index contributed by atoms with van der Waals surface area (Å²) in [7, 11) is 0. The highest BCUT2D eigenvalue weighted by Crippen LogP contribution is 2.11. The van der Waals surface area contributed by atoms with Gasteiger partial charge >= 0.3 is 0 Å². The molecule has 0 heterocycles. The summed E-state index contributed by atoms with van der Waals surface area (Å²) in [4.78, 5) is 0. The molecule has 1 heteroatoms. The number of aliphatic hydroxyl groups is 1. The highest BCUT2D eigenvalue weighted by molar-refractivity contribution is 5.21. The second kappa shape index (κ2) is 7.66. The first-order valence-corrected chi connectivity index (χ1v) is 7.17. The summed E-state index contributed by atoms with van der Waals surface area (Å²) in [6.07, 6.45) is 4.21. The van der Waals surface area contributed by atoms with Crippen molar-refractivity contribution in [1.82, 2.24) is 0 Å². The Labute approximate surface area is 121 Å². The normalized spacial score (nSPS) is 13.2. The van der Waals surface area contributed by atoms with Crippen molar-refractivity contribution in [1.29, 1.82) is 0 Å². The number of hydrogen-bond donors (Lipinski definition) is 1. The van der Waals surface area contributed by atoms with E-state index in [4.69, 9.17) is 0 Å². The molecule has 2 aromatic rings. The smallest absolute Gasteiger partial charge is 0.0726 e. The van der Waals surface area contributed by atoms with Crippen molar-refractivity contribution >= 4 is 0 Å². The minimum atomic E-state index is -0.362. The first-order valence-electron chi connectivity index (χ1n) is 7.17. The van der Waals surface area contributed by atoms with Gasteiger partial charge in [0.1, 0.15) is 0 Å². The monoisotopic (exact) mass is 266 g/mol. The molecule has 1 atom stereocenters. The minimum Gasteiger partial charge on any atom is -0.389 e. The van der Waals surface area contributed by atoms with E-state index in [0.29, 0.717) is 0 Å². The fourth-order valence-electron chi connectivity index (χ4n) is 2.35. The van der Waals surface area contributed by atoms with Crippen LogP contribution in [0.5, 0.6) is 0 Å². The maximum atomic E-state index is 10.1. The minimum absolute atomic E-state index is 0.362. The molecule has 20 heavy (non-hydrogen) atoms. The van der Waals surface area contributed by atoms with Gasteiger partial charge in [0.25, 0.3) is 0 Å². The van der Waals surface area contributed by atoms with Crippen LogP contribution in [0.15, 0.2) is 72.3 Å². The van der Waals surface area contributed by atoms with E-state index in [1.165, 1.54) is 16.7 Å². The van der Waals surface area contributed by atoms with Crippen molar-refractivity contribution < 1.29 is 5.11 Å².